The summed E-state index contributed by atoms with van der Waals surface area (Å²) in [7, 11) is 1.58. The van der Waals surface area contributed by atoms with E-state index in [-0.39, 0.29) is 30.0 Å². The molecule has 0 saturated carbocycles. The van der Waals surface area contributed by atoms with Gasteiger partial charge in [-0.2, -0.15) is 0 Å². The van der Waals surface area contributed by atoms with Gasteiger partial charge in [0, 0.05) is 19.6 Å². The van der Waals surface area contributed by atoms with E-state index in [0.717, 1.165) is 12.8 Å². The summed E-state index contributed by atoms with van der Waals surface area (Å²) in [6, 6.07) is 0.0838. The molecule has 1 rings (SSSR count). The van der Waals surface area contributed by atoms with Crippen LogP contribution in [-0.4, -0.2) is 46.2 Å². The Morgan fingerprint density at radius 3 is 2.55 bits per heavy atom. The number of aromatic nitrogens is 2. The number of aliphatic hydroxyl groups excluding tert-OH is 1. The van der Waals surface area contributed by atoms with Gasteiger partial charge in [0.1, 0.15) is 6.33 Å². The molecular formula is C12H21N5O3. The minimum atomic E-state index is -0.492. The second kappa shape index (κ2) is 7.59. The zero-order chi connectivity index (χ0) is 15.1. The lowest BCUT2D eigenvalue weighted by Crippen LogP contribution is -2.38. The Bertz CT molecular complexity index is 451. The number of nitrogens with zero attached hydrogens (tertiary/aromatic N) is 4. The highest BCUT2D eigenvalue weighted by molar-refractivity contribution is 5.70. The van der Waals surface area contributed by atoms with Crippen LogP contribution in [0.25, 0.3) is 0 Å². The van der Waals surface area contributed by atoms with Crippen molar-refractivity contribution in [1.82, 2.24) is 9.97 Å². The van der Waals surface area contributed by atoms with Crippen LogP contribution in [0, 0.1) is 10.1 Å². The largest absolute Gasteiger partial charge is 0.395 e. The second-order valence-corrected chi connectivity index (χ2v) is 4.29. The molecule has 0 bridgehead atoms. The lowest BCUT2D eigenvalue weighted by Gasteiger charge is -2.30. The molecule has 0 spiro atoms. The first-order valence-electron chi connectivity index (χ1n) is 6.65. The lowest BCUT2D eigenvalue weighted by atomic mass is 10.1. The molecule has 1 aromatic rings. The fourth-order valence-electron chi connectivity index (χ4n) is 2.23. The third-order valence-electron chi connectivity index (χ3n) is 3.22. The maximum atomic E-state index is 11.3. The van der Waals surface area contributed by atoms with Gasteiger partial charge in [-0.1, -0.05) is 13.8 Å². The fraction of sp³-hybridized carbons (Fsp3) is 0.667. The minimum absolute atomic E-state index is 0.0838. The van der Waals surface area contributed by atoms with Crippen LogP contribution in [0.1, 0.15) is 26.7 Å². The Hall–Kier alpha value is -1.96. The van der Waals surface area contributed by atoms with E-state index in [2.05, 4.69) is 15.3 Å². The molecule has 0 atom stereocenters. The summed E-state index contributed by atoms with van der Waals surface area (Å²) in [5, 5.41) is 23.2. The van der Waals surface area contributed by atoms with Crippen LogP contribution < -0.4 is 10.2 Å². The van der Waals surface area contributed by atoms with Crippen LogP contribution in [0.2, 0.25) is 0 Å². The van der Waals surface area contributed by atoms with Crippen molar-refractivity contribution in [2.24, 2.45) is 0 Å². The number of anilines is 2. The van der Waals surface area contributed by atoms with Gasteiger partial charge in [0.2, 0.25) is 11.6 Å². The molecule has 0 saturated heterocycles. The summed E-state index contributed by atoms with van der Waals surface area (Å²) in [4.78, 5) is 20.5. The minimum Gasteiger partial charge on any atom is -0.395 e. The van der Waals surface area contributed by atoms with Crippen molar-refractivity contribution in [3.05, 3.63) is 16.4 Å². The highest BCUT2D eigenvalue weighted by atomic mass is 16.6. The van der Waals surface area contributed by atoms with Crippen LogP contribution in [-0.2, 0) is 0 Å². The van der Waals surface area contributed by atoms with Gasteiger partial charge >= 0.3 is 5.69 Å². The van der Waals surface area contributed by atoms with Gasteiger partial charge in [-0.05, 0) is 12.8 Å². The van der Waals surface area contributed by atoms with E-state index in [9.17, 15) is 15.2 Å². The highest BCUT2D eigenvalue weighted by Crippen LogP contribution is 2.33. The first-order valence-corrected chi connectivity index (χ1v) is 6.65. The first-order chi connectivity index (χ1) is 9.60. The lowest BCUT2D eigenvalue weighted by molar-refractivity contribution is -0.383. The van der Waals surface area contributed by atoms with Crippen molar-refractivity contribution in [1.29, 1.82) is 0 Å². The number of rotatable bonds is 8. The molecule has 0 aromatic carbocycles. The van der Waals surface area contributed by atoms with Crippen molar-refractivity contribution in [3.63, 3.8) is 0 Å². The molecule has 0 radical (unpaired) electrons. The Morgan fingerprint density at radius 1 is 1.45 bits per heavy atom. The van der Waals surface area contributed by atoms with Gasteiger partial charge in [-0.15, -0.1) is 0 Å². The van der Waals surface area contributed by atoms with E-state index >= 15 is 0 Å². The molecule has 1 heterocycles. The molecule has 0 fully saturated rings. The van der Waals surface area contributed by atoms with Gasteiger partial charge in [-0.25, -0.2) is 9.97 Å². The molecule has 0 aliphatic heterocycles. The van der Waals surface area contributed by atoms with Crippen molar-refractivity contribution in [3.8, 4) is 0 Å². The molecule has 0 unspecified atom stereocenters. The smallest absolute Gasteiger partial charge is 0.353 e. The van der Waals surface area contributed by atoms with Crippen molar-refractivity contribution in [2.45, 2.75) is 32.7 Å². The Labute approximate surface area is 118 Å². The van der Waals surface area contributed by atoms with E-state index in [1.807, 2.05) is 13.8 Å². The van der Waals surface area contributed by atoms with Crippen molar-refractivity contribution in [2.75, 3.05) is 30.4 Å². The summed E-state index contributed by atoms with van der Waals surface area (Å²) < 4.78 is 0. The average Bonchev–Trinajstić information content (AvgIpc) is 2.46. The van der Waals surface area contributed by atoms with E-state index in [0.29, 0.717) is 6.54 Å². The Balaban J connectivity index is 3.35. The molecule has 0 amide bonds. The topological polar surface area (TPSA) is 104 Å². The van der Waals surface area contributed by atoms with Crippen LogP contribution in [0.5, 0.6) is 0 Å². The Morgan fingerprint density at radius 2 is 2.10 bits per heavy atom. The molecular weight excluding hydrogens is 262 g/mol. The number of nitrogens with one attached hydrogen (secondary N) is 1. The maximum absolute atomic E-state index is 11.3. The van der Waals surface area contributed by atoms with E-state index < -0.39 is 4.92 Å². The van der Waals surface area contributed by atoms with Crippen LogP contribution in [0.4, 0.5) is 17.3 Å². The zero-order valence-corrected chi connectivity index (χ0v) is 12.0. The van der Waals surface area contributed by atoms with Gasteiger partial charge in [0.25, 0.3) is 0 Å². The third-order valence-corrected chi connectivity index (χ3v) is 3.22. The molecule has 112 valence electrons. The molecule has 1 aromatic heterocycles. The standard InChI is InChI=1S/C12H21N5O3/c1-4-9(5-2)16(6-7-18)12-10(17(19)20)11(13-3)14-8-15-12/h8-9,18H,4-7H2,1-3H3,(H,13,14,15). The molecule has 0 aliphatic carbocycles. The third kappa shape index (κ3) is 3.32. The first kappa shape index (κ1) is 16.1. The van der Waals surface area contributed by atoms with Gasteiger partial charge < -0.3 is 15.3 Å². The molecule has 20 heavy (non-hydrogen) atoms. The molecule has 0 aliphatic rings. The molecule has 2 N–H and O–H groups in total. The van der Waals surface area contributed by atoms with E-state index in [1.165, 1.54) is 6.33 Å². The Kier molecular flexibility index (Phi) is 6.10. The van der Waals surface area contributed by atoms with E-state index in [4.69, 9.17) is 0 Å². The van der Waals surface area contributed by atoms with E-state index in [1.54, 1.807) is 11.9 Å². The van der Waals surface area contributed by atoms with Crippen LogP contribution in [0.3, 0.4) is 0 Å². The average molecular weight is 283 g/mol. The molecule has 8 heteroatoms. The fourth-order valence-corrected chi connectivity index (χ4v) is 2.23. The normalized spacial score (nSPS) is 10.7. The summed E-state index contributed by atoms with van der Waals surface area (Å²) in [6.07, 6.45) is 2.92. The quantitative estimate of drug-likeness (QED) is 0.549. The summed E-state index contributed by atoms with van der Waals surface area (Å²) in [6.45, 7) is 4.22. The number of nitro groups is 1. The second-order valence-electron chi connectivity index (χ2n) is 4.29. The predicted octanol–water partition coefficient (Wildman–Crippen LogP) is 1.41. The van der Waals surface area contributed by atoms with Gasteiger partial charge in [-0.3, -0.25) is 10.1 Å². The van der Waals surface area contributed by atoms with Gasteiger partial charge in [0.15, 0.2) is 0 Å². The van der Waals surface area contributed by atoms with Gasteiger partial charge in [0.05, 0.1) is 11.5 Å². The number of hydrogen-bond donors (Lipinski definition) is 2. The summed E-state index contributed by atoms with van der Waals surface area (Å²) in [5.74, 6) is 0.422. The monoisotopic (exact) mass is 283 g/mol. The van der Waals surface area contributed by atoms with Crippen LogP contribution in [0.15, 0.2) is 6.33 Å². The molecule has 8 nitrogen and oxygen atoms in total. The van der Waals surface area contributed by atoms with Crippen molar-refractivity contribution >= 4 is 17.3 Å². The summed E-state index contributed by atoms with van der Waals surface area (Å²) >= 11 is 0. The highest BCUT2D eigenvalue weighted by Gasteiger charge is 2.29. The van der Waals surface area contributed by atoms with Crippen molar-refractivity contribution < 1.29 is 10.0 Å². The SMILES string of the molecule is CCC(CC)N(CCO)c1ncnc(NC)c1[N+](=O)[O-]. The van der Waals surface area contributed by atoms with Crippen LogP contribution >= 0.6 is 0 Å². The maximum Gasteiger partial charge on any atom is 0.353 e. The number of hydrogen-bond acceptors (Lipinski definition) is 7. The zero-order valence-electron chi connectivity index (χ0n) is 12.0. The predicted molar refractivity (Wildman–Crippen MR) is 77.0 cm³/mol. The summed E-state index contributed by atoms with van der Waals surface area (Å²) in [5.41, 5.74) is -0.157. The number of aliphatic hydroxyl groups is 1.